The van der Waals surface area contributed by atoms with Gasteiger partial charge in [-0.3, -0.25) is 14.7 Å². The number of anilines is 1. The normalized spacial score (nSPS) is 22.2. The van der Waals surface area contributed by atoms with Crippen LogP contribution in [0.4, 0.5) is 18.9 Å². The molecule has 0 saturated carbocycles. The molecule has 1 N–H and O–H groups in total. The predicted octanol–water partition coefficient (Wildman–Crippen LogP) is 5.60. The van der Waals surface area contributed by atoms with E-state index in [0.717, 1.165) is 55.9 Å². The summed E-state index contributed by atoms with van der Waals surface area (Å²) in [5.74, 6) is -0.203. The summed E-state index contributed by atoms with van der Waals surface area (Å²) in [7, 11) is 0. The Bertz CT molecular complexity index is 1410. The number of hydrogen-bond donors (Lipinski definition) is 1. The number of carbonyl (C=O) groups is 1. The molecule has 0 aromatic carbocycles. The molecule has 3 aromatic heterocycles. The third kappa shape index (κ3) is 5.95. The minimum atomic E-state index is -4.48. The van der Waals surface area contributed by atoms with Crippen LogP contribution in [0, 0.1) is 13.8 Å². The number of alkyl halides is 3. The number of nitrogens with zero attached hydrogens (tertiary/aromatic N) is 5. The summed E-state index contributed by atoms with van der Waals surface area (Å²) in [5.41, 5.74) is 3.58. The van der Waals surface area contributed by atoms with Crippen molar-refractivity contribution < 1.29 is 22.7 Å². The summed E-state index contributed by atoms with van der Waals surface area (Å²) in [6, 6.07) is 4.57. The molecule has 1 fully saturated rings. The first-order valence-electron chi connectivity index (χ1n) is 13.4. The van der Waals surface area contributed by atoms with Gasteiger partial charge < -0.3 is 10.1 Å². The molecule has 8 nitrogen and oxygen atoms in total. The van der Waals surface area contributed by atoms with Crippen LogP contribution in [0.1, 0.15) is 66.0 Å². The van der Waals surface area contributed by atoms with Gasteiger partial charge in [0.2, 0.25) is 0 Å². The lowest BCUT2D eigenvalue weighted by Gasteiger charge is -2.41. The number of rotatable bonds is 5. The molecule has 0 bridgehead atoms. The van der Waals surface area contributed by atoms with Gasteiger partial charge in [-0.2, -0.15) is 18.3 Å². The largest absolute Gasteiger partial charge is 0.417 e. The second-order valence-corrected chi connectivity index (χ2v) is 10.7. The number of ether oxygens (including phenoxy) is 1. The second kappa shape index (κ2) is 11.1. The third-order valence-electron chi connectivity index (χ3n) is 7.53. The molecule has 4 heterocycles. The second-order valence-electron chi connectivity index (χ2n) is 10.7. The molecule has 40 heavy (non-hydrogen) atoms. The van der Waals surface area contributed by atoms with E-state index < -0.39 is 17.6 Å². The minimum Gasteiger partial charge on any atom is -0.373 e. The molecule has 0 radical (unpaired) electrons. The molecule has 5 rings (SSSR count). The number of nitrogens with one attached hydrogen (secondary N) is 1. The average molecular weight is 555 g/mol. The quantitative estimate of drug-likeness (QED) is 0.442. The van der Waals surface area contributed by atoms with Gasteiger partial charge in [0.25, 0.3) is 5.91 Å². The highest BCUT2D eigenvalue weighted by molar-refractivity contribution is 6.05. The van der Waals surface area contributed by atoms with Gasteiger partial charge in [0.1, 0.15) is 0 Å². The Balaban J connectivity index is 1.24. The van der Waals surface area contributed by atoms with Crippen LogP contribution in [-0.2, 0) is 10.9 Å². The highest BCUT2D eigenvalue weighted by atomic mass is 19.4. The number of allylic oxidation sites excluding steroid dienone is 1. The molecule has 1 aliphatic heterocycles. The lowest BCUT2D eigenvalue weighted by atomic mass is 9.90. The van der Waals surface area contributed by atoms with E-state index in [4.69, 9.17) is 4.74 Å². The van der Waals surface area contributed by atoms with Gasteiger partial charge in [0, 0.05) is 25.3 Å². The lowest BCUT2D eigenvalue weighted by molar-refractivity contribution is -0.137. The SMILES string of the molecule is Cc1cc(NC(=O)c2cnn(-c3ccc(C(F)(F)F)cn3)c2C)cnc1C1=CCC(N2C[C@@H](C)O[C@@H](C)C2)CC1. The maximum absolute atomic E-state index is 13.0. The summed E-state index contributed by atoms with van der Waals surface area (Å²) in [6.45, 7) is 9.82. The molecule has 1 aliphatic carbocycles. The molecule has 3 aromatic rings. The zero-order valence-corrected chi connectivity index (χ0v) is 23.0. The van der Waals surface area contributed by atoms with Crippen molar-refractivity contribution in [3.05, 3.63) is 70.9 Å². The summed E-state index contributed by atoms with van der Waals surface area (Å²) >= 11 is 0. The first-order chi connectivity index (χ1) is 19.0. The van der Waals surface area contributed by atoms with Gasteiger partial charge in [-0.15, -0.1) is 0 Å². The molecule has 0 spiro atoms. The fourth-order valence-corrected chi connectivity index (χ4v) is 5.60. The van der Waals surface area contributed by atoms with E-state index in [9.17, 15) is 18.0 Å². The van der Waals surface area contributed by atoms with Crippen molar-refractivity contribution in [3.8, 4) is 5.82 Å². The Morgan fingerprint density at radius 2 is 1.82 bits per heavy atom. The average Bonchev–Trinajstić information content (AvgIpc) is 3.29. The smallest absolute Gasteiger partial charge is 0.373 e. The van der Waals surface area contributed by atoms with E-state index in [0.29, 0.717) is 17.4 Å². The van der Waals surface area contributed by atoms with Gasteiger partial charge in [0.05, 0.1) is 52.8 Å². The van der Waals surface area contributed by atoms with Crippen molar-refractivity contribution in [2.24, 2.45) is 0 Å². The van der Waals surface area contributed by atoms with Crippen molar-refractivity contribution in [2.45, 2.75) is 71.4 Å². The maximum atomic E-state index is 13.0. The molecule has 1 saturated heterocycles. The maximum Gasteiger partial charge on any atom is 0.417 e. The van der Waals surface area contributed by atoms with E-state index in [-0.39, 0.29) is 23.6 Å². The lowest BCUT2D eigenvalue weighted by Crippen LogP contribution is -2.50. The molecular formula is C29H33F3N6O2. The molecule has 1 amide bonds. The molecule has 212 valence electrons. The summed E-state index contributed by atoms with van der Waals surface area (Å²) in [5, 5.41) is 7.02. The molecule has 11 heteroatoms. The van der Waals surface area contributed by atoms with Gasteiger partial charge >= 0.3 is 6.18 Å². The third-order valence-corrected chi connectivity index (χ3v) is 7.53. The van der Waals surface area contributed by atoms with Crippen molar-refractivity contribution in [2.75, 3.05) is 18.4 Å². The summed E-state index contributed by atoms with van der Waals surface area (Å²) in [6.07, 6.45) is 5.08. The number of pyridine rings is 2. The molecule has 3 atom stereocenters. The Labute approximate surface area is 231 Å². The number of aryl methyl sites for hydroxylation is 1. The van der Waals surface area contributed by atoms with E-state index in [2.05, 4.69) is 45.2 Å². The Morgan fingerprint density at radius 3 is 2.42 bits per heavy atom. The Morgan fingerprint density at radius 1 is 1.07 bits per heavy atom. The fourth-order valence-electron chi connectivity index (χ4n) is 5.60. The van der Waals surface area contributed by atoms with Gasteiger partial charge in [-0.1, -0.05) is 6.08 Å². The van der Waals surface area contributed by atoms with Crippen LogP contribution in [-0.4, -0.2) is 61.9 Å². The van der Waals surface area contributed by atoms with Crippen LogP contribution in [0.3, 0.4) is 0 Å². The van der Waals surface area contributed by atoms with Crippen molar-refractivity contribution in [3.63, 3.8) is 0 Å². The van der Waals surface area contributed by atoms with Gasteiger partial charge in [-0.05, 0) is 76.3 Å². The number of amides is 1. The van der Waals surface area contributed by atoms with Crippen molar-refractivity contribution in [1.82, 2.24) is 24.6 Å². The van der Waals surface area contributed by atoms with Crippen LogP contribution in [0.15, 0.2) is 42.9 Å². The van der Waals surface area contributed by atoms with E-state index >= 15 is 0 Å². The predicted molar refractivity (Wildman–Crippen MR) is 145 cm³/mol. The monoisotopic (exact) mass is 554 g/mol. The van der Waals surface area contributed by atoms with Crippen molar-refractivity contribution in [1.29, 1.82) is 0 Å². The molecule has 1 unspecified atom stereocenters. The van der Waals surface area contributed by atoms with Crippen LogP contribution >= 0.6 is 0 Å². The first-order valence-corrected chi connectivity index (χ1v) is 13.4. The number of morpholine rings is 1. The minimum absolute atomic E-state index is 0.187. The van der Waals surface area contributed by atoms with Gasteiger partial charge in [-0.25, -0.2) is 9.67 Å². The van der Waals surface area contributed by atoms with E-state index in [1.807, 2.05) is 13.0 Å². The highest BCUT2D eigenvalue weighted by Crippen LogP contribution is 2.32. The van der Waals surface area contributed by atoms with Crippen LogP contribution in [0.5, 0.6) is 0 Å². The first kappa shape index (κ1) is 28.0. The van der Waals surface area contributed by atoms with Crippen LogP contribution in [0.2, 0.25) is 0 Å². The van der Waals surface area contributed by atoms with Gasteiger partial charge in [0.15, 0.2) is 5.82 Å². The van der Waals surface area contributed by atoms with Crippen molar-refractivity contribution >= 4 is 17.2 Å². The fraction of sp³-hybridized carbons (Fsp3) is 0.448. The van der Waals surface area contributed by atoms with Crippen LogP contribution in [0.25, 0.3) is 11.4 Å². The topological polar surface area (TPSA) is 85.2 Å². The zero-order chi connectivity index (χ0) is 28.6. The highest BCUT2D eigenvalue weighted by Gasteiger charge is 2.31. The standard InChI is InChI=1S/C29H33F3N6O2/c1-17-11-23(13-34-27(17)21-5-8-24(9-6-21)37-15-18(2)40-19(3)16-37)36-28(39)25-14-35-38(20(25)4)26-10-7-22(12-33-26)29(30,31)32/h5,7,10-14,18-19,24H,6,8-9,15-16H2,1-4H3,(H,36,39)/t18-,19+,24?. The summed E-state index contributed by atoms with van der Waals surface area (Å²) in [4.78, 5) is 24.1. The Kier molecular flexibility index (Phi) is 7.78. The number of hydrogen-bond acceptors (Lipinski definition) is 6. The zero-order valence-electron chi connectivity index (χ0n) is 23.0. The summed E-state index contributed by atoms with van der Waals surface area (Å²) < 4.78 is 45.8. The van der Waals surface area contributed by atoms with E-state index in [1.165, 1.54) is 22.5 Å². The molecular weight excluding hydrogens is 521 g/mol. The van der Waals surface area contributed by atoms with Crippen LogP contribution < -0.4 is 5.32 Å². The number of aromatic nitrogens is 4. The Hall–Kier alpha value is -3.57. The molecule has 2 aliphatic rings. The van der Waals surface area contributed by atoms with E-state index in [1.54, 1.807) is 13.1 Å². The number of carbonyl (C=O) groups excluding carboxylic acids is 1. The number of halogens is 3.